The number of carboxylic acid groups (broad SMARTS) is 1. The number of aromatic nitrogens is 2. The maximum atomic E-state index is 14.8. The highest BCUT2D eigenvalue weighted by molar-refractivity contribution is 7.14. The number of likely N-dealkylation sites (tertiary alicyclic amines) is 1. The number of rotatable bonds is 16. The fraction of sp³-hybridized carbons (Fsp3) is 0.644. The summed E-state index contributed by atoms with van der Waals surface area (Å²) in [5, 5.41) is 22.8. The average Bonchev–Trinajstić information content (AvgIpc) is 3.91. The average molecular weight is 911 g/mol. The fourth-order valence-corrected chi connectivity index (χ4v) is 10.5. The van der Waals surface area contributed by atoms with Crippen molar-refractivity contribution < 1.29 is 43.2 Å². The van der Waals surface area contributed by atoms with E-state index in [4.69, 9.17) is 40.5 Å². The zero-order chi connectivity index (χ0) is 44.8. The second-order valence-electron chi connectivity index (χ2n) is 19.2. The van der Waals surface area contributed by atoms with Crippen molar-refractivity contribution in [1.82, 2.24) is 30.4 Å². The predicted molar refractivity (Wildman–Crippen MR) is 238 cm³/mol. The molecule has 3 saturated carbocycles. The number of pyridine rings is 1. The zero-order valence-corrected chi connectivity index (χ0v) is 38.5. The smallest absolute Gasteiger partial charge is 0.408 e. The molecule has 5 aliphatic rings. The van der Waals surface area contributed by atoms with Crippen molar-refractivity contribution >= 4 is 62.8 Å². The number of anilines is 1. The minimum Gasteiger partial charge on any atom is -0.490 e. The third kappa shape index (κ3) is 9.96. The van der Waals surface area contributed by atoms with Crippen LogP contribution in [0.2, 0.25) is 5.02 Å². The molecule has 18 heteroatoms. The molecular formula is C45H60ClN7O9S. The number of morpholine rings is 1. The van der Waals surface area contributed by atoms with Crippen LogP contribution in [0.4, 0.5) is 9.93 Å². The first-order chi connectivity index (χ1) is 30.0. The van der Waals surface area contributed by atoms with Gasteiger partial charge in [0.2, 0.25) is 11.8 Å². The number of hydrogen-bond donors (Lipinski definition) is 4. The molecule has 0 bridgehead atoms. The van der Waals surface area contributed by atoms with Crippen LogP contribution >= 0.6 is 22.9 Å². The number of carboxylic acids is 1. The Morgan fingerprint density at radius 1 is 1.03 bits per heavy atom. The van der Waals surface area contributed by atoms with E-state index >= 15 is 0 Å². The van der Waals surface area contributed by atoms with Gasteiger partial charge in [0, 0.05) is 48.9 Å². The van der Waals surface area contributed by atoms with Crippen molar-refractivity contribution in [3.8, 4) is 22.9 Å². The predicted octanol–water partition coefficient (Wildman–Crippen LogP) is 6.20. The summed E-state index contributed by atoms with van der Waals surface area (Å²) >= 11 is 8.59. The normalized spacial score (nSPS) is 27.1. The van der Waals surface area contributed by atoms with Crippen molar-refractivity contribution in [1.29, 1.82) is 0 Å². The molecule has 0 radical (unpaired) electrons. The maximum Gasteiger partial charge on any atom is 0.408 e. The molecule has 2 unspecified atom stereocenters. The molecular weight excluding hydrogens is 850 g/mol. The van der Waals surface area contributed by atoms with E-state index in [1.165, 1.54) is 22.7 Å². The molecule has 3 amide bonds. The lowest BCUT2D eigenvalue weighted by Crippen LogP contribution is -2.59. The molecule has 16 nitrogen and oxygen atoms in total. The summed E-state index contributed by atoms with van der Waals surface area (Å²) in [5.74, 6) is -0.504. The number of ether oxygens (including phenoxy) is 4. The number of hydrogen-bond acceptors (Lipinski definition) is 13. The number of amides is 3. The number of nitrogens with zero attached hydrogens (tertiary/aromatic N) is 4. The Labute approximate surface area is 377 Å². The topological polar surface area (TPSA) is 194 Å². The first kappa shape index (κ1) is 45.1. The summed E-state index contributed by atoms with van der Waals surface area (Å²) in [4.78, 5) is 68.4. The van der Waals surface area contributed by atoms with Crippen LogP contribution in [-0.2, 0) is 23.9 Å². The van der Waals surface area contributed by atoms with Crippen LogP contribution < -0.4 is 25.4 Å². The van der Waals surface area contributed by atoms with Gasteiger partial charge >= 0.3 is 12.1 Å². The molecule has 3 aromatic rings. The first-order valence-electron chi connectivity index (χ1n) is 22.3. The van der Waals surface area contributed by atoms with Crippen LogP contribution in [0.5, 0.6) is 11.5 Å². The van der Waals surface area contributed by atoms with E-state index in [0.717, 1.165) is 31.1 Å². The van der Waals surface area contributed by atoms with Crippen LogP contribution in [0.25, 0.3) is 22.3 Å². The van der Waals surface area contributed by atoms with Gasteiger partial charge in [0.1, 0.15) is 58.7 Å². The highest BCUT2D eigenvalue weighted by atomic mass is 35.5. The molecule has 1 aromatic carbocycles. The quantitative estimate of drug-likeness (QED) is 0.127. The molecule has 8 atom stereocenters. The number of benzene rings is 1. The second kappa shape index (κ2) is 18.2. The largest absolute Gasteiger partial charge is 0.490 e. The van der Waals surface area contributed by atoms with E-state index in [9.17, 15) is 24.3 Å². The van der Waals surface area contributed by atoms with Crippen molar-refractivity contribution in [3.05, 3.63) is 28.6 Å². The third-order valence-electron chi connectivity index (χ3n) is 13.1. The maximum absolute atomic E-state index is 14.8. The summed E-state index contributed by atoms with van der Waals surface area (Å²) in [6, 6.07) is 3.45. The van der Waals surface area contributed by atoms with Gasteiger partial charge in [-0.25, -0.2) is 19.6 Å². The molecule has 0 spiro atoms. The van der Waals surface area contributed by atoms with Crippen LogP contribution in [0, 0.1) is 23.2 Å². The monoisotopic (exact) mass is 909 g/mol. The Morgan fingerprint density at radius 2 is 1.78 bits per heavy atom. The van der Waals surface area contributed by atoms with Crippen LogP contribution in [0.3, 0.4) is 0 Å². The van der Waals surface area contributed by atoms with Crippen LogP contribution in [0.15, 0.2) is 23.6 Å². The van der Waals surface area contributed by atoms with Gasteiger partial charge in [0.15, 0.2) is 5.13 Å². The Hall–Kier alpha value is -4.45. The molecule has 5 fully saturated rings. The highest BCUT2D eigenvalue weighted by Gasteiger charge is 2.61. The van der Waals surface area contributed by atoms with Gasteiger partial charge in [-0.3, -0.25) is 14.5 Å². The Bertz CT molecular complexity index is 2200. The molecule has 3 aliphatic carbocycles. The van der Waals surface area contributed by atoms with E-state index in [1.807, 2.05) is 59.1 Å². The van der Waals surface area contributed by atoms with Crippen molar-refractivity contribution in [2.45, 2.75) is 116 Å². The second-order valence-corrected chi connectivity index (χ2v) is 20.4. The van der Waals surface area contributed by atoms with Gasteiger partial charge in [-0.15, -0.1) is 11.3 Å². The summed E-state index contributed by atoms with van der Waals surface area (Å²) in [5.41, 5.74) is -0.500. The molecule has 8 rings (SSSR count). The van der Waals surface area contributed by atoms with E-state index in [0.29, 0.717) is 89.9 Å². The highest BCUT2D eigenvalue weighted by Crippen LogP contribution is 2.52. The van der Waals surface area contributed by atoms with Gasteiger partial charge in [-0.1, -0.05) is 45.7 Å². The van der Waals surface area contributed by atoms with E-state index < -0.39 is 53.0 Å². The Kier molecular flexibility index (Phi) is 13.0. The van der Waals surface area contributed by atoms with Gasteiger partial charge in [-0.05, 0) is 74.8 Å². The summed E-state index contributed by atoms with van der Waals surface area (Å²) in [6.07, 6.45) is 2.11. The lowest BCUT2D eigenvalue weighted by Gasteiger charge is -2.35. The molecule has 2 aromatic heterocycles. The van der Waals surface area contributed by atoms with Gasteiger partial charge in [0.25, 0.3) is 0 Å². The number of nitrogens with one attached hydrogen (secondary N) is 3. The third-order valence-corrected chi connectivity index (χ3v) is 14.3. The molecule has 63 heavy (non-hydrogen) atoms. The molecule has 2 aliphatic heterocycles. The van der Waals surface area contributed by atoms with Gasteiger partial charge < -0.3 is 44.9 Å². The molecule has 342 valence electrons. The van der Waals surface area contributed by atoms with Crippen LogP contribution in [0.1, 0.15) is 80.1 Å². The summed E-state index contributed by atoms with van der Waals surface area (Å²) in [7, 11) is 0. The van der Waals surface area contributed by atoms with Crippen molar-refractivity contribution in [3.63, 3.8) is 0 Å². The zero-order valence-electron chi connectivity index (χ0n) is 36.9. The fourth-order valence-electron chi connectivity index (χ4n) is 9.38. The lowest BCUT2D eigenvalue weighted by atomic mass is 9.85. The number of aliphatic carboxylic acids is 1. The van der Waals surface area contributed by atoms with E-state index in [-0.39, 0.29) is 31.0 Å². The number of halogens is 1. The summed E-state index contributed by atoms with van der Waals surface area (Å²) < 4.78 is 24.4. The van der Waals surface area contributed by atoms with E-state index in [2.05, 4.69) is 20.9 Å². The summed E-state index contributed by atoms with van der Waals surface area (Å²) in [6.45, 7) is 15.3. The minimum absolute atomic E-state index is 0.0310. The number of alkyl carbamates (subject to hydrolysis) is 1. The minimum atomic E-state index is -1.42. The standard InChI is InChI=1S/C45H60ClN7O9S/c1-7-27-21-45(27,41(56)57)51-39(54)33-19-29(22-53(33)40(55)38(44(4,5)6)50-43(58)62-28-17-25-16-26(25)18-28)61-34-20-35(60-15-12-52-10-13-59-14-11-52)36(46)37-30(34)8-9-31(48-37)32-23-63-42(49-32)47-24(2)3/h8-9,20,23-29,33,38H,7,10-19,21-22H2,1-6H3,(H,47,49)(H,50,58)(H,51,54)(H,56,57)/t25-,26+,27?,28?,29-,33+,38-,45-/m1/s1. The number of carbonyl (C=O) groups excluding carboxylic acids is 3. The van der Waals surface area contributed by atoms with Gasteiger partial charge in [0.05, 0.1) is 31.0 Å². The lowest BCUT2D eigenvalue weighted by molar-refractivity contribution is -0.146. The molecule has 2 saturated heterocycles. The number of thiazole rings is 1. The van der Waals surface area contributed by atoms with E-state index in [1.54, 1.807) is 6.07 Å². The van der Waals surface area contributed by atoms with Gasteiger partial charge in [-0.2, -0.15) is 0 Å². The Morgan fingerprint density at radius 3 is 2.44 bits per heavy atom. The molecule has 4 heterocycles. The van der Waals surface area contributed by atoms with Crippen molar-refractivity contribution in [2.75, 3.05) is 51.3 Å². The first-order valence-corrected chi connectivity index (χ1v) is 23.6. The van der Waals surface area contributed by atoms with Crippen molar-refractivity contribution in [2.24, 2.45) is 23.2 Å². The number of fused-ring (bicyclic) bond motifs is 2. The van der Waals surface area contributed by atoms with Crippen LogP contribution in [-0.4, -0.2) is 131 Å². The Balaban J connectivity index is 1.09. The SMILES string of the molecule is CCC1C[C@]1(NC(=O)[C@@H]1C[C@@H](Oc2cc(OCCN3CCOCC3)c(Cl)c3nc(-c4csc(NC(C)C)n4)ccc23)CN1C(=O)[C@@H](NC(=O)OC1C[C@@H]2C[C@@H]2C1)C(C)(C)C)C(=O)O. The molecule has 4 N–H and O–H groups in total. The number of carbonyl (C=O) groups is 4.